The second kappa shape index (κ2) is 9.81. The Hall–Kier alpha value is -2.50. The fraction of sp³-hybridized carbons (Fsp3) is 0.417. The molecule has 152 valence electrons. The number of nitrogens with one attached hydrogen (secondary N) is 1. The van der Waals surface area contributed by atoms with Crippen LogP contribution in [0.25, 0.3) is 11.3 Å². The van der Waals surface area contributed by atoms with Crippen molar-refractivity contribution in [2.75, 3.05) is 20.1 Å². The van der Waals surface area contributed by atoms with Crippen molar-refractivity contribution in [2.24, 2.45) is 0 Å². The van der Waals surface area contributed by atoms with Crippen LogP contribution in [0, 0.1) is 0 Å². The van der Waals surface area contributed by atoms with E-state index in [0.717, 1.165) is 43.5 Å². The van der Waals surface area contributed by atoms with E-state index in [2.05, 4.69) is 58.8 Å². The van der Waals surface area contributed by atoms with Gasteiger partial charge in [0.05, 0.1) is 12.2 Å². The molecule has 1 aliphatic rings. The number of rotatable bonds is 9. The quantitative estimate of drug-likeness (QED) is 0.563. The molecular formula is C24H31N5. The summed E-state index contributed by atoms with van der Waals surface area (Å²) >= 11 is 0. The molecule has 0 bridgehead atoms. The number of pyridine rings is 1. The second-order valence-electron chi connectivity index (χ2n) is 8.02. The van der Waals surface area contributed by atoms with Crippen molar-refractivity contribution in [3.63, 3.8) is 0 Å². The van der Waals surface area contributed by atoms with Crippen molar-refractivity contribution in [1.82, 2.24) is 25.0 Å². The Kier molecular flexibility index (Phi) is 6.70. The molecule has 1 aliphatic carbocycles. The van der Waals surface area contributed by atoms with Gasteiger partial charge < -0.3 is 10.2 Å². The number of hydrogen-bond acceptors (Lipinski definition) is 4. The van der Waals surface area contributed by atoms with Crippen LogP contribution in [-0.2, 0) is 13.1 Å². The van der Waals surface area contributed by atoms with Crippen LogP contribution in [0.5, 0.6) is 0 Å². The van der Waals surface area contributed by atoms with E-state index < -0.39 is 0 Å². The number of benzene rings is 1. The molecule has 5 nitrogen and oxygen atoms in total. The highest BCUT2D eigenvalue weighted by atomic mass is 15.3. The maximum atomic E-state index is 4.88. The molecule has 1 fully saturated rings. The Morgan fingerprint density at radius 2 is 1.93 bits per heavy atom. The minimum absolute atomic E-state index is 0.774. The highest BCUT2D eigenvalue weighted by Crippen LogP contribution is 2.23. The van der Waals surface area contributed by atoms with Crippen LogP contribution in [0.2, 0.25) is 0 Å². The summed E-state index contributed by atoms with van der Waals surface area (Å²) < 4.78 is 2.04. The third-order valence-corrected chi connectivity index (χ3v) is 5.86. The van der Waals surface area contributed by atoms with E-state index in [1.807, 2.05) is 23.0 Å². The summed E-state index contributed by atoms with van der Waals surface area (Å²) in [6, 6.07) is 15.3. The number of nitrogens with zero attached hydrogens (tertiary/aromatic N) is 4. The largest absolute Gasteiger partial charge is 0.311 e. The Labute approximate surface area is 173 Å². The number of aromatic nitrogens is 3. The summed E-state index contributed by atoms with van der Waals surface area (Å²) in [6.45, 7) is 3.67. The Balaban J connectivity index is 1.41. The lowest BCUT2D eigenvalue weighted by molar-refractivity contribution is 0.245. The van der Waals surface area contributed by atoms with Crippen molar-refractivity contribution >= 4 is 0 Å². The first-order valence-electron chi connectivity index (χ1n) is 10.7. The van der Waals surface area contributed by atoms with Gasteiger partial charge in [0.2, 0.25) is 0 Å². The van der Waals surface area contributed by atoms with Crippen LogP contribution < -0.4 is 5.32 Å². The molecule has 1 aromatic carbocycles. The molecule has 29 heavy (non-hydrogen) atoms. The minimum atomic E-state index is 0.774. The molecule has 0 amide bonds. The van der Waals surface area contributed by atoms with Crippen molar-refractivity contribution < 1.29 is 0 Å². The normalized spacial score (nSPS) is 14.7. The van der Waals surface area contributed by atoms with Gasteiger partial charge in [-0.05, 0) is 37.6 Å². The average molecular weight is 390 g/mol. The monoisotopic (exact) mass is 389 g/mol. The Morgan fingerprint density at radius 3 is 2.69 bits per heavy atom. The summed E-state index contributed by atoms with van der Waals surface area (Å²) in [5.74, 6) is 0. The average Bonchev–Trinajstić information content (AvgIpc) is 3.43. The van der Waals surface area contributed by atoms with Crippen LogP contribution in [0.4, 0.5) is 0 Å². The lowest BCUT2D eigenvalue weighted by atomic mass is 10.1. The van der Waals surface area contributed by atoms with Crippen LogP contribution in [-0.4, -0.2) is 45.8 Å². The fourth-order valence-corrected chi connectivity index (χ4v) is 4.20. The first kappa shape index (κ1) is 19.8. The van der Waals surface area contributed by atoms with Gasteiger partial charge >= 0.3 is 0 Å². The van der Waals surface area contributed by atoms with E-state index in [-0.39, 0.29) is 0 Å². The molecule has 0 saturated heterocycles. The maximum absolute atomic E-state index is 4.88. The summed E-state index contributed by atoms with van der Waals surface area (Å²) in [4.78, 5) is 6.80. The molecule has 0 atom stereocenters. The molecular weight excluding hydrogens is 358 g/mol. The van der Waals surface area contributed by atoms with Crippen molar-refractivity contribution in [2.45, 2.75) is 44.8 Å². The van der Waals surface area contributed by atoms with Gasteiger partial charge in [-0.15, -0.1) is 0 Å². The third-order valence-electron chi connectivity index (χ3n) is 5.86. The van der Waals surface area contributed by atoms with Crippen LogP contribution in [0.15, 0.2) is 61.1 Å². The predicted octanol–water partition coefficient (Wildman–Crippen LogP) is 3.96. The SMILES string of the molecule is CN(CCNCc1cn(Cc2ccccc2)nc1-c1cccnc1)C1CCCC1. The summed E-state index contributed by atoms with van der Waals surface area (Å²) in [5, 5.41) is 8.51. The summed E-state index contributed by atoms with van der Waals surface area (Å²) in [5.41, 5.74) is 4.56. The molecule has 2 heterocycles. The van der Waals surface area contributed by atoms with E-state index >= 15 is 0 Å². The number of likely N-dealkylation sites (N-methyl/N-ethyl adjacent to an activating group) is 1. The molecule has 3 aromatic rings. The Bertz CT molecular complexity index is 869. The topological polar surface area (TPSA) is 46.0 Å². The fourth-order valence-electron chi connectivity index (χ4n) is 4.20. The van der Waals surface area contributed by atoms with E-state index in [1.54, 1.807) is 6.20 Å². The van der Waals surface area contributed by atoms with Gasteiger partial charge in [-0.3, -0.25) is 9.67 Å². The smallest absolute Gasteiger partial charge is 0.0983 e. The first-order chi connectivity index (χ1) is 14.3. The van der Waals surface area contributed by atoms with E-state index in [0.29, 0.717) is 0 Å². The van der Waals surface area contributed by atoms with Crippen molar-refractivity contribution in [3.8, 4) is 11.3 Å². The van der Waals surface area contributed by atoms with Gasteiger partial charge in [-0.2, -0.15) is 5.10 Å². The van der Waals surface area contributed by atoms with Crippen LogP contribution >= 0.6 is 0 Å². The zero-order valence-electron chi connectivity index (χ0n) is 17.3. The standard InChI is InChI=1S/C24H31N5/c1-28(23-11-5-6-12-23)15-14-26-17-22-19-29(18-20-8-3-2-4-9-20)27-24(22)21-10-7-13-25-16-21/h2-4,7-10,13,16,19,23,26H,5-6,11-12,14-15,17-18H2,1H3. The second-order valence-corrected chi connectivity index (χ2v) is 8.02. The lowest BCUT2D eigenvalue weighted by Crippen LogP contribution is -2.35. The molecule has 0 radical (unpaired) electrons. The molecule has 2 aromatic heterocycles. The van der Waals surface area contributed by atoms with Crippen LogP contribution in [0.3, 0.4) is 0 Å². The zero-order valence-corrected chi connectivity index (χ0v) is 17.3. The molecule has 4 rings (SSSR count). The molecule has 5 heteroatoms. The van der Waals surface area contributed by atoms with Gasteiger partial charge in [-0.25, -0.2) is 0 Å². The van der Waals surface area contributed by atoms with Gasteiger partial charge in [0.15, 0.2) is 0 Å². The van der Waals surface area contributed by atoms with Crippen molar-refractivity contribution in [1.29, 1.82) is 0 Å². The molecule has 0 spiro atoms. The summed E-state index contributed by atoms with van der Waals surface area (Å²) in [6.07, 6.45) is 11.4. The van der Waals surface area contributed by atoms with E-state index in [1.165, 1.54) is 36.8 Å². The maximum Gasteiger partial charge on any atom is 0.0983 e. The van der Waals surface area contributed by atoms with E-state index in [4.69, 9.17) is 5.10 Å². The van der Waals surface area contributed by atoms with E-state index in [9.17, 15) is 0 Å². The minimum Gasteiger partial charge on any atom is -0.311 e. The Morgan fingerprint density at radius 1 is 1.10 bits per heavy atom. The highest BCUT2D eigenvalue weighted by Gasteiger charge is 2.19. The highest BCUT2D eigenvalue weighted by molar-refractivity contribution is 5.61. The summed E-state index contributed by atoms with van der Waals surface area (Å²) in [7, 11) is 2.26. The van der Waals surface area contributed by atoms with Gasteiger partial charge in [0.25, 0.3) is 0 Å². The first-order valence-corrected chi connectivity index (χ1v) is 10.7. The van der Waals surface area contributed by atoms with Gasteiger partial charge in [0.1, 0.15) is 0 Å². The van der Waals surface area contributed by atoms with Gasteiger partial charge in [-0.1, -0.05) is 43.2 Å². The molecule has 0 unspecified atom stereocenters. The van der Waals surface area contributed by atoms with Crippen LogP contribution in [0.1, 0.15) is 36.8 Å². The predicted molar refractivity (Wildman–Crippen MR) is 118 cm³/mol. The molecule has 1 saturated carbocycles. The van der Waals surface area contributed by atoms with Gasteiger partial charge in [0, 0.05) is 55.4 Å². The van der Waals surface area contributed by atoms with Crippen molar-refractivity contribution in [3.05, 3.63) is 72.2 Å². The third kappa shape index (κ3) is 5.31. The zero-order chi connectivity index (χ0) is 19.9. The number of hydrogen-bond donors (Lipinski definition) is 1. The lowest BCUT2D eigenvalue weighted by Gasteiger charge is -2.23. The molecule has 1 N–H and O–H groups in total. The molecule has 0 aliphatic heterocycles.